The Morgan fingerprint density at radius 1 is 1.12 bits per heavy atom. The topological polar surface area (TPSA) is 83.8 Å². The summed E-state index contributed by atoms with van der Waals surface area (Å²) in [5.41, 5.74) is 0. The zero-order chi connectivity index (χ0) is 13.4. The van der Waals surface area contributed by atoms with Crippen LogP contribution < -0.4 is 0 Å². The monoisotopic (exact) mass is 236 g/mol. The van der Waals surface area contributed by atoms with E-state index < -0.39 is 5.97 Å². The van der Waals surface area contributed by atoms with Crippen LogP contribution in [0.5, 0.6) is 0 Å². The van der Waals surface area contributed by atoms with E-state index in [1.807, 2.05) is 0 Å². The Morgan fingerprint density at radius 2 is 1.56 bits per heavy atom. The van der Waals surface area contributed by atoms with E-state index in [1.54, 1.807) is 6.92 Å². The SMILES string of the molecule is CC(=O)O.CCCCCO.CCOC(C)=O. The molecule has 0 spiro atoms. The predicted octanol–water partition coefficient (Wildman–Crippen LogP) is 1.83. The van der Waals surface area contributed by atoms with Crippen LogP contribution in [-0.2, 0) is 14.3 Å². The minimum Gasteiger partial charge on any atom is -0.481 e. The van der Waals surface area contributed by atoms with Gasteiger partial charge in [0.25, 0.3) is 5.97 Å². The number of hydrogen-bond donors (Lipinski definition) is 2. The lowest BCUT2D eigenvalue weighted by atomic mass is 10.3. The first-order valence-electron chi connectivity index (χ1n) is 5.36. The van der Waals surface area contributed by atoms with Crippen LogP contribution >= 0.6 is 0 Å². The fraction of sp³-hybridized carbons (Fsp3) is 0.818. The molecule has 0 radical (unpaired) electrons. The molecular weight excluding hydrogens is 212 g/mol. The summed E-state index contributed by atoms with van der Waals surface area (Å²) in [6.07, 6.45) is 3.33. The molecule has 0 aliphatic heterocycles. The normalized spacial score (nSPS) is 7.81. The van der Waals surface area contributed by atoms with Gasteiger partial charge < -0.3 is 14.9 Å². The van der Waals surface area contributed by atoms with Crippen LogP contribution in [0.15, 0.2) is 0 Å². The molecule has 0 unspecified atom stereocenters. The molecule has 5 heteroatoms. The Labute approximate surface area is 97.4 Å². The van der Waals surface area contributed by atoms with Crippen LogP contribution in [0.25, 0.3) is 0 Å². The van der Waals surface area contributed by atoms with E-state index in [1.165, 1.54) is 13.3 Å². The molecule has 0 heterocycles. The third kappa shape index (κ3) is 76.1. The van der Waals surface area contributed by atoms with Gasteiger partial charge in [-0.15, -0.1) is 0 Å². The number of aliphatic carboxylic acids is 1. The Balaban J connectivity index is -0.000000162. The van der Waals surface area contributed by atoms with Crippen molar-refractivity contribution in [2.45, 2.75) is 47.0 Å². The highest BCUT2D eigenvalue weighted by Crippen LogP contribution is 1.89. The molecule has 0 saturated heterocycles. The lowest BCUT2D eigenvalue weighted by molar-refractivity contribution is -0.140. The number of aliphatic hydroxyl groups is 1. The molecule has 0 saturated carbocycles. The molecule has 0 bridgehead atoms. The van der Waals surface area contributed by atoms with E-state index >= 15 is 0 Å². The highest BCUT2D eigenvalue weighted by Gasteiger charge is 1.81. The maximum Gasteiger partial charge on any atom is 0.302 e. The third-order valence-corrected chi connectivity index (χ3v) is 1.11. The van der Waals surface area contributed by atoms with Gasteiger partial charge in [0.1, 0.15) is 0 Å². The van der Waals surface area contributed by atoms with Crippen LogP contribution in [-0.4, -0.2) is 35.4 Å². The van der Waals surface area contributed by atoms with E-state index in [-0.39, 0.29) is 5.97 Å². The van der Waals surface area contributed by atoms with Crippen molar-refractivity contribution >= 4 is 11.9 Å². The number of unbranched alkanes of at least 4 members (excludes halogenated alkanes) is 2. The number of aliphatic hydroxyl groups excluding tert-OH is 1. The number of hydrogen-bond acceptors (Lipinski definition) is 4. The number of carboxylic acids is 1. The van der Waals surface area contributed by atoms with Crippen LogP contribution in [0.1, 0.15) is 47.0 Å². The van der Waals surface area contributed by atoms with Crippen molar-refractivity contribution in [3.8, 4) is 0 Å². The van der Waals surface area contributed by atoms with Gasteiger partial charge in [0.15, 0.2) is 0 Å². The van der Waals surface area contributed by atoms with E-state index in [0.29, 0.717) is 13.2 Å². The number of carbonyl (C=O) groups is 2. The number of rotatable bonds is 4. The second-order valence-corrected chi connectivity index (χ2v) is 2.87. The molecule has 5 nitrogen and oxygen atoms in total. The van der Waals surface area contributed by atoms with Gasteiger partial charge in [-0.3, -0.25) is 9.59 Å². The summed E-state index contributed by atoms with van der Waals surface area (Å²) >= 11 is 0. The lowest BCUT2D eigenvalue weighted by Gasteiger charge is -1.89. The lowest BCUT2D eigenvalue weighted by Crippen LogP contribution is -1.95. The van der Waals surface area contributed by atoms with Crippen molar-refractivity contribution in [3.63, 3.8) is 0 Å². The van der Waals surface area contributed by atoms with Gasteiger partial charge in [-0.1, -0.05) is 19.8 Å². The quantitative estimate of drug-likeness (QED) is 0.574. The summed E-state index contributed by atoms with van der Waals surface area (Å²) in [5.74, 6) is -1.04. The fourth-order valence-corrected chi connectivity index (χ4v) is 0.565. The van der Waals surface area contributed by atoms with Gasteiger partial charge in [-0.05, 0) is 13.3 Å². The number of esters is 1. The van der Waals surface area contributed by atoms with Crippen LogP contribution in [0.3, 0.4) is 0 Å². The maximum absolute atomic E-state index is 9.82. The first-order chi connectivity index (χ1) is 7.42. The van der Waals surface area contributed by atoms with E-state index in [2.05, 4.69) is 11.7 Å². The molecule has 0 aromatic carbocycles. The summed E-state index contributed by atoms with van der Waals surface area (Å²) in [7, 11) is 0. The van der Waals surface area contributed by atoms with Crippen LogP contribution in [0.4, 0.5) is 0 Å². The second-order valence-electron chi connectivity index (χ2n) is 2.87. The van der Waals surface area contributed by atoms with Gasteiger partial charge in [0.05, 0.1) is 6.61 Å². The molecule has 0 aromatic rings. The molecule has 0 atom stereocenters. The average molecular weight is 236 g/mol. The van der Waals surface area contributed by atoms with E-state index in [9.17, 15) is 4.79 Å². The number of ether oxygens (including phenoxy) is 1. The Kier molecular flexibility index (Phi) is 24.7. The predicted molar refractivity (Wildman–Crippen MR) is 62.2 cm³/mol. The van der Waals surface area contributed by atoms with Crippen LogP contribution in [0, 0.1) is 0 Å². The van der Waals surface area contributed by atoms with Gasteiger partial charge in [0, 0.05) is 20.5 Å². The third-order valence-electron chi connectivity index (χ3n) is 1.11. The molecule has 0 aromatic heterocycles. The Morgan fingerprint density at radius 3 is 1.62 bits per heavy atom. The highest BCUT2D eigenvalue weighted by molar-refractivity contribution is 5.65. The van der Waals surface area contributed by atoms with Gasteiger partial charge in [-0.25, -0.2) is 0 Å². The summed E-state index contributed by atoms with van der Waals surface area (Å²) in [4.78, 5) is 18.8. The Hall–Kier alpha value is -1.10. The maximum atomic E-state index is 9.82. The van der Waals surface area contributed by atoms with Crippen molar-refractivity contribution in [1.29, 1.82) is 0 Å². The zero-order valence-electron chi connectivity index (χ0n) is 10.7. The van der Waals surface area contributed by atoms with E-state index in [0.717, 1.165) is 19.8 Å². The minimum absolute atomic E-state index is 0.211. The summed E-state index contributed by atoms with van der Waals surface area (Å²) < 4.78 is 4.40. The first kappa shape index (κ1) is 20.3. The molecule has 0 aliphatic carbocycles. The van der Waals surface area contributed by atoms with Crippen molar-refractivity contribution in [2.24, 2.45) is 0 Å². The molecular formula is C11H24O5. The fourth-order valence-electron chi connectivity index (χ4n) is 0.565. The summed E-state index contributed by atoms with van der Waals surface area (Å²) in [5, 5.41) is 15.6. The Bertz CT molecular complexity index is 148. The highest BCUT2D eigenvalue weighted by atomic mass is 16.5. The molecule has 98 valence electrons. The number of carbonyl (C=O) groups excluding carboxylic acids is 1. The van der Waals surface area contributed by atoms with E-state index in [4.69, 9.17) is 15.0 Å². The summed E-state index contributed by atoms with van der Waals surface area (Å²) in [6.45, 7) is 7.21. The summed E-state index contributed by atoms with van der Waals surface area (Å²) in [6, 6.07) is 0. The van der Waals surface area contributed by atoms with Crippen molar-refractivity contribution in [1.82, 2.24) is 0 Å². The molecule has 16 heavy (non-hydrogen) atoms. The average Bonchev–Trinajstić information content (AvgIpc) is 2.14. The smallest absolute Gasteiger partial charge is 0.302 e. The van der Waals surface area contributed by atoms with Gasteiger partial charge >= 0.3 is 5.97 Å². The van der Waals surface area contributed by atoms with Gasteiger partial charge in [0.2, 0.25) is 0 Å². The van der Waals surface area contributed by atoms with Gasteiger partial charge in [-0.2, -0.15) is 0 Å². The van der Waals surface area contributed by atoms with Crippen LogP contribution in [0.2, 0.25) is 0 Å². The number of carboxylic acid groups (broad SMARTS) is 1. The van der Waals surface area contributed by atoms with Crippen molar-refractivity contribution in [3.05, 3.63) is 0 Å². The standard InChI is InChI=1S/C5H12O.C4H8O2.C2H4O2/c1-2-3-4-5-6;1-3-6-4(2)5;1-2(3)4/h6H,2-5H2,1H3;3H2,1-2H3;1H3,(H,3,4). The molecule has 0 fully saturated rings. The molecule has 0 aliphatic rings. The second kappa shape index (κ2) is 19.5. The molecule has 0 rings (SSSR count). The largest absolute Gasteiger partial charge is 0.481 e. The van der Waals surface area contributed by atoms with Crippen molar-refractivity contribution in [2.75, 3.05) is 13.2 Å². The first-order valence-corrected chi connectivity index (χ1v) is 5.36. The molecule has 0 amide bonds. The molecule has 2 N–H and O–H groups in total. The zero-order valence-corrected chi connectivity index (χ0v) is 10.7. The van der Waals surface area contributed by atoms with Crippen molar-refractivity contribution < 1.29 is 24.5 Å². The minimum atomic E-state index is -0.833.